The van der Waals surface area contributed by atoms with Crippen molar-refractivity contribution in [2.75, 3.05) is 10.6 Å². The number of anilines is 2. The van der Waals surface area contributed by atoms with Crippen LogP contribution in [0.4, 0.5) is 11.4 Å². The topological polar surface area (TPSA) is 24.1 Å². The third-order valence-corrected chi connectivity index (χ3v) is 3.08. The molecule has 0 spiro atoms. The van der Waals surface area contributed by atoms with Crippen LogP contribution in [0, 0.1) is 20.8 Å². The van der Waals surface area contributed by atoms with Crippen LogP contribution in [0.3, 0.4) is 0 Å². The molecule has 98 valence electrons. The predicted octanol–water partition coefficient (Wildman–Crippen LogP) is 4.42. The highest BCUT2D eigenvalue weighted by molar-refractivity contribution is 7.80. The van der Waals surface area contributed by atoms with Crippen molar-refractivity contribution in [3.63, 3.8) is 0 Å². The Bertz CT molecular complexity index is 585. The fourth-order valence-electron chi connectivity index (χ4n) is 2.04. The second kappa shape index (κ2) is 5.85. The van der Waals surface area contributed by atoms with Gasteiger partial charge in [0.1, 0.15) is 0 Å². The molecule has 0 heterocycles. The van der Waals surface area contributed by atoms with Crippen LogP contribution in [0.5, 0.6) is 0 Å². The minimum absolute atomic E-state index is 0.610. The van der Waals surface area contributed by atoms with Crippen molar-refractivity contribution in [2.24, 2.45) is 0 Å². The van der Waals surface area contributed by atoms with Gasteiger partial charge in [-0.2, -0.15) is 0 Å². The van der Waals surface area contributed by atoms with Crippen molar-refractivity contribution >= 4 is 28.7 Å². The molecule has 0 aromatic heterocycles. The Morgan fingerprint density at radius 1 is 0.895 bits per heavy atom. The molecule has 2 aromatic rings. The molecule has 3 heteroatoms. The van der Waals surface area contributed by atoms with Crippen LogP contribution in [0.2, 0.25) is 0 Å². The summed E-state index contributed by atoms with van der Waals surface area (Å²) >= 11 is 5.34. The fraction of sp³-hybridized carbons (Fsp3) is 0.188. The van der Waals surface area contributed by atoms with Gasteiger partial charge in [0.05, 0.1) is 0 Å². The standard InChI is InChI=1S/C16H18N2S/c1-11-8-12(2)10-14(9-11)17-16(19)18-15-7-5-4-6-13(15)3/h4-10H,1-3H3,(H2,17,18,19). The van der Waals surface area contributed by atoms with E-state index in [-0.39, 0.29) is 0 Å². The molecule has 2 nitrogen and oxygen atoms in total. The van der Waals surface area contributed by atoms with Gasteiger partial charge in [-0.1, -0.05) is 24.3 Å². The van der Waals surface area contributed by atoms with Gasteiger partial charge in [-0.25, -0.2) is 0 Å². The normalized spacial score (nSPS) is 10.1. The van der Waals surface area contributed by atoms with E-state index in [4.69, 9.17) is 12.2 Å². The monoisotopic (exact) mass is 270 g/mol. The lowest BCUT2D eigenvalue weighted by Crippen LogP contribution is -2.19. The first-order valence-electron chi connectivity index (χ1n) is 6.26. The SMILES string of the molecule is Cc1cc(C)cc(NC(=S)Nc2ccccc2C)c1. The lowest BCUT2D eigenvalue weighted by atomic mass is 10.1. The highest BCUT2D eigenvalue weighted by Crippen LogP contribution is 2.16. The van der Waals surface area contributed by atoms with Gasteiger partial charge in [0, 0.05) is 11.4 Å². The Labute approximate surface area is 119 Å². The van der Waals surface area contributed by atoms with Crippen LogP contribution in [0.25, 0.3) is 0 Å². The summed E-state index contributed by atoms with van der Waals surface area (Å²) in [7, 11) is 0. The van der Waals surface area contributed by atoms with Gasteiger partial charge in [0.25, 0.3) is 0 Å². The van der Waals surface area contributed by atoms with Crippen molar-refractivity contribution in [2.45, 2.75) is 20.8 Å². The summed E-state index contributed by atoms with van der Waals surface area (Å²) in [6, 6.07) is 14.4. The van der Waals surface area contributed by atoms with E-state index in [0.29, 0.717) is 5.11 Å². The summed E-state index contributed by atoms with van der Waals surface area (Å²) in [6.07, 6.45) is 0. The first-order valence-corrected chi connectivity index (χ1v) is 6.67. The number of benzene rings is 2. The summed E-state index contributed by atoms with van der Waals surface area (Å²) in [5, 5.41) is 7.05. The summed E-state index contributed by atoms with van der Waals surface area (Å²) < 4.78 is 0. The number of hydrogen-bond donors (Lipinski definition) is 2. The van der Waals surface area contributed by atoms with E-state index in [1.165, 1.54) is 16.7 Å². The zero-order chi connectivity index (χ0) is 13.8. The van der Waals surface area contributed by atoms with Crippen LogP contribution in [-0.2, 0) is 0 Å². The van der Waals surface area contributed by atoms with Gasteiger partial charge in [-0.15, -0.1) is 0 Å². The van der Waals surface area contributed by atoms with Gasteiger partial charge in [0.2, 0.25) is 0 Å². The molecule has 0 radical (unpaired) electrons. The Morgan fingerprint density at radius 2 is 1.53 bits per heavy atom. The second-order valence-electron chi connectivity index (χ2n) is 4.77. The summed E-state index contributed by atoms with van der Waals surface area (Å²) in [6.45, 7) is 6.22. The maximum Gasteiger partial charge on any atom is 0.175 e. The summed E-state index contributed by atoms with van der Waals surface area (Å²) in [5.74, 6) is 0. The highest BCUT2D eigenvalue weighted by Gasteiger charge is 2.02. The van der Waals surface area contributed by atoms with Crippen molar-refractivity contribution in [3.05, 3.63) is 59.2 Å². The van der Waals surface area contributed by atoms with Gasteiger partial charge >= 0.3 is 0 Å². The van der Waals surface area contributed by atoms with Gasteiger partial charge < -0.3 is 10.6 Å². The quantitative estimate of drug-likeness (QED) is 0.790. The Morgan fingerprint density at radius 3 is 2.16 bits per heavy atom. The van der Waals surface area contributed by atoms with Gasteiger partial charge in [-0.3, -0.25) is 0 Å². The van der Waals surface area contributed by atoms with Crippen LogP contribution < -0.4 is 10.6 Å². The van der Waals surface area contributed by atoms with Crippen molar-refractivity contribution in [1.29, 1.82) is 0 Å². The average Bonchev–Trinajstić information content (AvgIpc) is 2.30. The van der Waals surface area contributed by atoms with E-state index >= 15 is 0 Å². The van der Waals surface area contributed by atoms with Crippen molar-refractivity contribution in [3.8, 4) is 0 Å². The molecule has 0 amide bonds. The number of hydrogen-bond acceptors (Lipinski definition) is 1. The molecule has 0 atom stereocenters. The van der Waals surface area contributed by atoms with Crippen molar-refractivity contribution < 1.29 is 0 Å². The van der Waals surface area contributed by atoms with E-state index < -0.39 is 0 Å². The molecule has 0 saturated heterocycles. The Kier molecular flexibility index (Phi) is 4.17. The average molecular weight is 270 g/mol. The summed E-state index contributed by atoms with van der Waals surface area (Å²) in [5.41, 5.74) is 5.67. The molecule has 0 aliphatic carbocycles. The first-order chi connectivity index (χ1) is 9.04. The number of rotatable bonds is 2. The lowest BCUT2D eigenvalue weighted by molar-refractivity contribution is 1.38. The molecule has 0 saturated carbocycles. The molecule has 2 aromatic carbocycles. The molecule has 0 bridgehead atoms. The second-order valence-corrected chi connectivity index (χ2v) is 5.18. The molecule has 19 heavy (non-hydrogen) atoms. The first kappa shape index (κ1) is 13.6. The zero-order valence-electron chi connectivity index (χ0n) is 11.4. The van der Waals surface area contributed by atoms with Crippen LogP contribution in [0.15, 0.2) is 42.5 Å². The molecular formula is C16H18N2S. The molecular weight excluding hydrogens is 252 g/mol. The Balaban J connectivity index is 2.07. The molecule has 0 aliphatic rings. The highest BCUT2D eigenvalue weighted by atomic mass is 32.1. The molecule has 0 fully saturated rings. The van der Waals surface area contributed by atoms with Crippen LogP contribution >= 0.6 is 12.2 Å². The smallest absolute Gasteiger partial charge is 0.175 e. The van der Waals surface area contributed by atoms with E-state index in [1.807, 2.05) is 18.2 Å². The van der Waals surface area contributed by atoms with Crippen molar-refractivity contribution in [1.82, 2.24) is 0 Å². The molecule has 2 N–H and O–H groups in total. The molecule has 0 unspecified atom stereocenters. The van der Waals surface area contributed by atoms with Gasteiger partial charge in [0.15, 0.2) is 5.11 Å². The molecule has 0 aliphatic heterocycles. The van der Waals surface area contributed by atoms with Crippen LogP contribution in [-0.4, -0.2) is 5.11 Å². The maximum atomic E-state index is 5.34. The Hall–Kier alpha value is -1.87. The van der Waals surface area contributed by atoms with Gasteiger partial charge in [-0.05, 0) is 67.9 Å². The zero-order valence-corrected chi connectivity index (χ0v) is 12.3. The number of para-hydroxylation sites is 1. The minimum atomic E-state index is 0.610. The lowest BCUT2D eigenvalue weighted by Gasteiger charge is -2.13. The third kappa shape index (κ3) is 3.80. The van der Waals surface area contributed by atoms with Crippen LogP contribution in [0.1, 0.15) is 16.7 Å². The van der Waals surface area contributed by atoms with E-state index in [0.717, 1.165) is 11.4 Å². The molecule has 2 rings (SSSR count). The predicted molar refractivity (Wildman–Crippen MR) is 86.9 cm³/mol. The summed E-state index contributed by atoms with van der Waals surface area (Å²) in [4.78, 5) is 0. The number of nitrogens with one attached hydrogen (secondary N) is 2. The van der Waals surface area contributed by atoms with E-state index in [1.54, 1.807) is 0 Å². The largest absolute Gasteiger partial charge is 0.332 e. The fourth-order valence-corrected chi connectivity index (χ4v) is 2.27. The maximum absolute atomic E-state index is 5.34. The third-order valence-electron chi connectivity index (χ3n) is 2.87. The minimum Gasteiger partial charge on any atom is -0.332 e. The number of thiocarbonyl (C=S) groups is 1. The van der Waals surface area contributed by atoms with E-state index in [9.17, 15) is 0 Å². The van der Waals surface area contributed by atoms with E-state index in [2.05, 4.69) is 55.7 Å². The number of aryl methyl sites for hydroxylation is 3.